The van der Waals surface area contributed by atoms with Crippen LogP contribution in [0, 0.1) is 0 Å². The first-order valence-electron chi connectivity index (χ1n) is 11.5. The number of nitrogens with one attached hydrogen (secondary N) is 1. The maximum absolute atomic E-state index is 13.5. The van der Waals surface area contributed by atoms with Crippen LogP contribution in [0.2, 0.25) is 0 Å². The molecule has 0 bridgehead atoms. The second kappa shape index (κ2) is 8.43. The van der Waals surface area contributed by atoms with E-state index < -0.39 is 0 Å². The summed E-state index contributed by atoms with van der Waals surface area (Å²) in [5.74, 6) is 1.69. The van der Waals surface area contributed by atoms with Gasteiger partial charge in [0, 0.05) is 29.2 Å². The molecule has 35 heavy (non-hydrogen) atoms. The van der Waals surface area contributed by atoms with E-state index in [0.717, 1.165) is 23.2 Å². The predicted octanol–water partition coefficient (Wildman–Crippen LogP) is 4.80. The molecule has 4 aromatic rings. The summed E-state index contributed by atoms with van der Waals surface area (Å²) in [6.07, 6.45) is 4.01. The Morgan fingerprint density at radius 3 is 2.83 bits per heavy atom. The van der Waals surface area contributed by atoms with E-state index in [1.54, 1.807) is 30.4 Å². The molecule has 2 aliphatic heterocycles. The molecule has 7 heteroatoms. The van der Waals surface area contributed by atoms with Crippen LogP contribution in [0.1, 0.15) is 28.4 Å². The van der Waals surface area contributed by atoms with Crippen LogP contribution in [0.25, 0.3) is 17.0 Å². The summed E-state index contributed by atoms with van der Waals surface area (Å²) in [7, 11) is 1.50. The quantitative estimate of drug-likeness (QED) is 0.421. The number of carbonyl (C=O) groups excluding carboxylic acids is 1. The van der Waals surface area contributed by atoms with Gasteiger partial charge in [0.2, 0.25) is 12.7 Å². The summed E-state index contributed by atoms with van der Waals surface area (Å²) >= 11 is 0. The average Bonchev–Trinajstić information content (AvgIpc) is 3.50. The number of hydrogen-bond acceptors (Lipinski definition) is 5. The highest BCUT2D eigenvalue weighted by Crippen LogP contribution is 2.42. The monoisotopic (exact) mass is 468 g/mol. The van der Waals surface area contributed by atoms with Crippen molar-refractivity contribution < 1.29 is 24.1 Å². The minimum Gasteiger partial charge on any atom is -0.504 e. The van der Waals surface area contributed by atoms with Gasteiger partial charge >= 0.3 is 0 Å². The molecule has 2 aliphatic rings. The van der Waals surface area contributed by atoms with Crippen LogP contribution in [-0.4, -0.2) is 41.3 Å². The van der Waals surface area contributed by atoms with Crippen molar-refractivity contribution in [2.75, 3.05) is 20.4 Å². The van der Waals surface area contributed by atoms with Crippen molar-refractivity contribution >= 4 is 22.9 Å². The van der Waals surface area contributed by atoms with E-state index in [1.807, 2.05) is 35.2 Å². The van der Waals surface area contributed by atoms with Crippen LogP contribution in [0.3, 0.4) is 0 Å². The number of para-hydroxylation sites is 1. The van der Waals surface area contributed by atoms with Gasteiger partial charge in [-0.3, -0.25) is 4.79 Å². The van der Waals surface area contributed by atoms with Crippen molar-refractivity contribution in [1.82, 2.24) is 9.88 Å². The third kappa shape index (κ3) is 3.65. The number of aromatic amines is 1. The lowest BCUT2D eigenvalue weighted by Gasteiger charge is -2.35. The van der Waals surface area contributed by atoms with Gasteiger partial charge in [-0.2, -0.15) is 0 Å². The molecule has 0 aliphatic carbocycles. The second-order valence-corrected chi connectivity index (χ2v) is 8.62. The summed E-state index contributed by atoms with van der Waals surface area (Å²) in [5.41, 5.74) is 4.96. The molecule has 3 aromatic carbocycles. The summed E-state index contributed by atoms with van der Waals surface area (Å²) < 4.78 is 16.2. The van der Waals surface area contributed by atoms with Crippen LogP contribution >= 0.6 is 0 Å². The molecule has 1 unspecified atom stereocenters. The number of carbonyl (C=O) groups is 1. The first kappa shape index (κ1) is 21.2. The minimum atomic E-state index is -0.304. The zero-order chi connectivity index (χ0) is 23.9. The molecule has 1 aromatic heterocycles. The molecule has 0 saturated carbocycles. The summed E-state index contributed by atoms with van der Waals surface area (Å²) in [4.78, 5) is 18.9. The number of nitrogens with zero attached hydrogens (tertiary/aromatic N) is 1. The molecule has 0 fully saturated rings. The van der Waals surface area contributed by atoms with Gasteiger partial charge in [0.15, 0.2) is 23.0 Å². The fraction of sp³-hybridized carbons (Fsp3) is 0.179. The van der Waals surface area contributed by atoms with Crippen molar-refractivity contribution in [1.29, 1.82) is 0 Å². The maximum atomic E-state index is 13.5. The largest absolute Gasteiger partial charge is 0.504 e. The van der Waals surface area contributed by atoms with E-state index in [1.165, 1.54) is 18.1 Å². The van der Waals surface area contributed by atoms with Gasteiger partial charge in [0.25, 0.3) is 0 Å². The number of amides is 1. The number of aromatic hydroxyl groups is 1. The topological polar surface area (TPSA) is 84.0 Å². The van der Waals surface area contributed by atoms with Crippen LogP contribution in [0.5, 0.6) is 23.0 Å². The molecule has 2 N–H and O–H groups in total. The van der Waals surface area contributed by atoms with E-state index in [4.69, 9.17) is 14.2 Å². The van der Waals surface area contributed by atoms with Crippen molar-refractivity contribution in [3.8, 4) is 23.0 Å². The Bertz CT molecular complexity index is 1470. The smallest absolute Gasteiger partial charge is 0.247 e. The number of rotatable bonds is 4. The standard InChI is InChI=1S/C28H24N2O5/c1-33-23-9-6-17(14-22(23)31)7-11-26(32)30-13-12-20-19-4-2-3-5-21(19)29-27(20)28(30)18-8-10-24-25(15-18)35-16-34-24/h2-11,14-15,28-29,31H,12-13,16H2,1H3/b11-7+. The average molecular weight is 469 g/mol. The third-order valence-corrected chi connectivity index (χ3v) is 6.65. The number of H-pyrrole nitrogens is 1. The summed E-state index contributed by atoms with van der Waals surface area (Å²) in [5, 5.41) is 11.3. The Kier molecular flexibility index (Phi) is 5.10. The zero-order valence-corrected chi connectivity index (χ0v) is 19.2. The van der Waals surface area contributed by atoms with Gasteiger partial charge in [0.1, 0.15) is 0 Å². The number of aromatic nitrogens is 1. The summed E-state index contributed by atoms with van der Waals surface area (Å²) in [6.45, 7) is 0.770. The normalized spacial score (nSPS) is 16.6. The van der Waals surface area contributed by atoms with E-state index in [9.17, 15) is 9.90 Å². The van der Waals surface area contributed by atoms with Gasteiger partial charge < -0.3 is 29.2 Å². The molecule has 176 valence electrons. The molecule has 6 rings (SSSR count). The van der Waals surface area contributed by atoms with E-state index >= 15 is 0 Å². The van der Waals surface area contributed by atoms with Crippen molar-refractivity contribution in [2.24, 2.45) is 0 Å². The highest BCUT2D eigenvalue weighted by Gasteiger charge is 2.34. The van der Waals surface area contributed by atoms with Crippen LogP contribution in [-0.2, 0) is 11.2 Å². The lowest BCUT2D eigenvalue weighted by Crippen LogP contribution is -2.39. The number of hydrogen-bond donors (Lipinski definition) is 2. The van der Waals surface area contributed by atoms with Crippen LogP contribution in [0.4, 0.5) is 0 Å². The lowest BCUT2D eigenvalue weighted by atomic mass is 9.92. The predicted molar refractivity (Wildman–Crippen MR) is 132 cm³/mol. The summed E-state index contributed by atoms with van der Waals surface area (Å²) in [6, 6.07) is 18.8. The lowest BCUT2D eigenvalue weighted by molar-refractivity contribution is -0.128. The highest BCUT2D eigenvalue weighted by molar-refractivity contribution is 5.93. The number of ether oxygens (including phenoxy) is 3. The van der Waals surface area contributed by atoms with Crippen LogP contribution < -0.4 is 14.2 Å². The Morgan fingerprint density at radius 1 is 1.11 bits per heavy atom. The number of phenols is 1. The zero-order valence-electron chi connectivity index (χ0n) is 19.2. The van der Waals surface area contributed by atoms with Gasteiger partial charge in [-0.15, -0.1) is 0 Å². The Balaban J connectivity index is 1.39. The Morgan fingerprint density at radius 2 is 1.97 bits per heavy atom. The molecule has 3 heterocycles. The molecule has 7 nitrogen and oxygen atoms in total. The van der Waals surface area contributed by atoms with Crippen molar-refractivity contribution in [3.05, 3.63) is 89.1 Å². The van der Waals surface area contributed by atoms with Gasteiger partial charge in [-0.25, -0.2) is 0 Å². The second-order valence-electron chi connectivity index (χ2n) is 8.62. The number of fused-ring (bicyclic) bond motifs is 4. The molecular formula is C28H24N2O5. The van der Waals surface area contributed by atoms with E-state index in [-0.39, 0.29) is 24.5 Å². The van der Waals surface area contributed by atoms with Gasteiger partial charge in [-0.1, -0.05) is 30.3 Å². The number of phenolic OH excluding ortho intramolecular Hbond substituents is 1. The fourth-order valence-electron chi connectivity index (χ4n) is 4.98. The van der Waals surface area contributed by atoms with E-state index in [0.29, 0.717) is 29.4 Å². The Hall–Kier alpha value is -4.39. The molecule has 1 amide bonds. The SMILES string of the molecule is COc1ccc(/C=C/C(=O)N2CCc3c([nH]c4ccccc34)C2c2ccc3c(c2)OCO3)cc1O. The molecule has 1 atom stereocenters. The molecular weight excluding hydrogens is 444 g/mol. The van der Waals surface area contributed by atoms with Crippen LogP contribution in [0.15, 0.2) is 66.7 Å². The van der Waals surface area contributed by atoms with Crippen molar-refractivity contribution in [2.45, 2.75) is 12.5 Å². The first-order valence-corrected chi connectivity index (χ1v) is 11.5. The fourth-order valence-corrected chi connectivity index (χ4v) is 4.98. The van der Waals surface area contributed by atoms with Gasteiger partial charge in [0.05, 0.1) is 13.2 Å². The highest BCUT2D eigenvalue weighted by atomic mass is 16.7. The maximum Gasteiger partial charge on any atom is 0.247 e. The third-order valence-electron chi connectivity index (χ3n) is 6.65. The number of benzene rings is 3. The van der Waals surface area contributed by atoms with E-state index in [2.05, 4.69) is 17.1 Å². The van der Waals surface area contributed by atoms with Crippen molar-refractivity contribution in [3.63, 3.8) is 0 Å². The number of methoxy groups -OCH3 is 1. The van der Waals surface area contributed by atoms with Gasteiger partial charge in [-0.05, 0) is 59.5 Å². The molecule has 0 spiro atoms. The minimum absolute atomic E-state index is 0.0287. The molecule has 0 radical (unpaired) electrons. The first-order chi connectivity index (χ1) is 17.1. The Labute approximate surface area is 202 Å². The molecule has 0 saturated heterocycles.